The number of piperidine rings is 1. The van der Waals surface area contributed by atoms with Gasteiger partial charge in [0.2, 0.25) is 17.7 Å². The maximum absolute atomic E-state index is 13.3. The number of nitrogens with one attached hydrogen (secondary N) is 3. The summed E-state index contributed by atoms with van der Waals surface area (Å²) in [4.78, 5) is 51.1. The SMILES string of the molecule is CCCCC(C)CC12C(=O)NC(=O)CC1C1(CC(C)CCCC)C(=O)NC(=O)NC21. The van der Waals surface area contributed by atoms with Crippen LogP contribution in [0.5, 0.6) is 0 Å². The van der Waals surface area contributed by atoms with Crippen molar-refractivity contribution in [2.45, 2.75) is 91.5 Å². The number of rotatable bonds is 10. The number of imide groups is 2. The fraction of sp³-hybridized carbons (Fsp3) is 0.826. The summed E-state index contributed by atoms with van der Waals surface area (Å²) in [5.74, 6) is -0.781. The van der Waals surface area contributed by atoms with E-state index in [1.165, 1.54) is 0 Å². The second-order valence-electron chi connectivity index (χ2n) is 9.98. The number of hydrogen-bond acceptors (Lipinski definition) is 4. The minimum atomic E-state index is -0.890. The van der Waals surface area contributed by atoms with Gasteiger partial charge in [-0.3, -0.25) is 25.0 Å². The van der Waals surface area contributed by atoms with Gasteiger partial charge >= 0.3 is 6.03 Å². The zero-order valence-electron chi connectivity index (χ0n) is 18.8. The third-order valence-corrected chi connectivity index (χ3v) is 7.74. The Balaban J connectivity index is 1.98. The number of hydrogen-bond donors (Lipinski definition) is 3. The summed E-state index contributed by atoms with van der Waals surface area (Å²) in [7, 11) is 0. The predicted molar refractivity (Wildman–Crippen MR) is 113 cm³/mol. The number of urea groups is 1. The van der Waals surface area contributed by atoms with Crippen molar-refractivity contribution in [1.29, 1.82) is 0 Å². The molecule has 0 aromatic carbocycles. The van der Waals surface area contributed by atoms with Crippen LogP contribution in [0.25, 0.3) is 0 Å². The van der Waals surface area contributed by atoms with Gasteiger partial charge in [-0.1, -0.05) is 66.2 Å². The molecule has 3 N–H and O–H groups in total. The summed E-state index contributed by atoms with van der Waals surface area (Å²) in [6, 6.07) is -1.09. The zero-order chi connectivity index (χ0) is 22.1. The molecular weight excluding hydrogens is 382 g/mol. The lowest BCUT2D eigenvalue weighted by molar-refractivity contribution is -0.209. The molecule has 2 saturated heterocycles. The van der Waals surface area contributed by atoms with Crippen LogP contribution in [0.3, 0.4) is 0 Å². The Kier molecular flexibility index (Phi) is 6.58. The van der Waals surface area contributed by atoms with E-state index in [0.29, 0.717) is 12.8 Å². The lowest BCUT2D eigenvalue weighted by Crippen LogP contribution is -2.86. The van der Waals surface area contributed by atoms with E-state index in [9.17, 15) is 19.2 Å². The average Bonchev–Trinajstić information content (AvgIpc) is 2.68. The van der Waals surface area contributed by atoms with Gasteiger partial charge in [0, 0.05) is 12.3 Å². The van der Waals surface area contributed by atoms with Gasteiger partial charge in [-0.05, 0) is 24.7 Å². The maximum Gasteiger partial charge on any atom is 0.321 e. The molecule has 5 amide bonds. The summed E-state index contributed by atoms with van der Waals surface area (Å²) in [6.45, 7) is 8.52. The van der Waals surface area contributed by atoms with Crippen LogP contribution in [-0.4, -0.2) is 29.8 Å². The molecule has 3 rings (SSSR count). The standard InChI is InChI=1S/C23H37N3O4/c1-5-7-9-14(3)12-22-16(11-17(27)24-19(22)28)23(13-15(4)10-8-6-2)18(22)25-21(30)26-20(23)29/h14-16,18H,5-13H2,1-4H3,(H,24,27,28)(H2,25,26,29,30). The Hall–Kier alpha value is -1.92. The molecule has 6 atom stereocenters. The van der Waals surface area contributed by atoms with Crippen molar-refractivity contribution in [2.24, 2.45) is 28.6 Å². The van der Waals surface area contributed by atoms with Crippen LogP contribution in [0, 0.1) is 28.6 Å². The van der Waals surface area contributed by atoms with Crippen LogP contribution >= 0.6 is 0 Å². The molecule has 2 heterocycles. The van der Waals surface area contributed by atoms with E-state index in [0.717, 1.165) is 38.5 Å². The highest BCUT2D eigenvalue weighted by Crippen LogP contribution is 2.67. The van der Waals surface area contributed by atoms with E-state index < -0.39 is 22.9 Å². The molecule has 1 aliphatic carbocycles. The third kappa shape index (κ3) is 3.54. The smallest absolute Gasteiger partial charge is 0.321 e. The van der Waals surface area contributed by atoms with Gasteiger partial charge in [-0.15, -0.1) is 0 Å². The molecule has 3 fully saturated rings. The second kappa shape index (κ2) is 8.67. The van der Waals surface area contributed by atoms with Crippen molar-refractivity contribution < 1.29 is 19.2 Å². The minimum Gasteiger partial charge on any atom is -0.333 e. The second-order valence-corrected chi connectivity index (χ2v) is 9.98. The first-order chi connectivity index (χ1) is 14.2. The molecular formula is C23H37N3O4. The van der Waals surface area contributed by atoms with Crippen LogP contribution in [0.2, 0.25) is 0 Å². The summed E-state index contributed by atoms with van der Waals surface area (Å²) in [5, 5.41) is 7.92. The molecule has 7 nitrogen and oxygen atoms in total. The molecule has 30 heavy (non-hydrogen) atoms. The molecule has 0 bridgehead atoms. The Morgan fingerprint density at radius 2 is 1.37 bits per heavy atom. The summed E-state index contributed by atoms with van der Waals surface area (Å²) in [5.41, 5.74) is -1.78. The van der Waals surface area contributed by atoms with Crippen molar-refractivity contribution in [3.05, 3.63) is 0 Å². The highest BCUT2D eigenvalue weighted by atomic mass is 16.2. The van der Waals surface area contributed by atoms with E-state index in [1.807, 2.05) is 0 Å². The van der Waals surface area contributed by atoms with Crippen molar-refractivity contribution in [1.82, 2.24) is 16.0 Å². The van der Waals surface area contributed by atoms with Crippen LogP contribution in [0.4, 0.5) is 4.79 Å². The predicted octanol–water partition coefficient (Wildman–Crippen LogP) is 3.28. The molecule has 7 heteroatoms. The molecule has 168 valence electrons. The van der Waals surface area contributed by atoms with Crippen molar-refractivity contribution in [2.75, 3.05) is 0 Å². The fourth-order valence-corrected chi connectivity index (χ4v) is 6.46. The summed E-state index contributed by atoms with van der Waals surface area (Å²) < 4.78 is 0. The maximum atomic E-state index is 13.3. The first kappa shape index (κ1) is 22.8. The van der Waals surface area contributed by atoms with Gasteiger partial charge in [0.1, 0.15) is 0 Å². The Bertz CT molecular complexity index is 651. The van der Waals surface area contributed by atoms with E-state index in [-0.39, 0.29) is 41.9 Å². The first-order valence-corrected chi connectivity index (χ1v) is 11.7. The number of amides is 5. The van der Waals surface area contributed by atoms with Crippen LogP contribution in [0.1, 0.15) is 85.5 Å². The number of carbonyl (C=O) groups excluding carboxylic acids is 4. The van der Waals surface area contributed by atoms with Crippen molar-refractivity contribution >= 4 is 23.8 Å². The first-order valence-electron chi connectivity index (χ1n) is 11.7. The minimum absolute atomic E-state index is 0.159. The Morgan fingerprint density at radius 3 is 1.87 bits per heavy atom. The number of unbranched alkanes of at least 4 members (excludes halogenated alkanes) is 2. The quantitative estimate of drug-likeness (QED) is 0.473. The van der Waals surface area contributed by atoms with Gasteiger partial charge in [0.25, 0.3) is 0 Å². The van der Waals surface area contributed by atoms with Gasteiger partial charge in [-0.2, -0.15) is 0 Å². The molecule has 1 saturated carbocycles. The van der Waals surface area contributed by atoms with Crippen molar-refractivity contribution in [3.8, 4) is 0 Å². The van der Waals surface area contributed by atoms with Crippen molar-refractivity contribution in [3.63, 3.8) is 0 Å². The Labute approximate surface area is 179 Å². The Morgan fingerprint density at radius 1 is 0.867 bits per heavy atom. The van der Waals surface area contributed by atoms with Gasteiger partial charge in [0.05, 0.1) is 16.9 Å². The average molecular weight is 420 g/mol. The summed E-state index contributed by atoms with van der Waals surface area (Å²) >= 11 is 0. The molecule has 2 aliphatic heterocycles. The van der Waals surface area contributed by atoms with E-state index in [2.05, 4.69) is 43.6 Å². The van der Waals surface area contributed by atoms with Crippen LogP contribution in [0.15, 0.2) is 0 Å². The van der Waals surface area contributed by atoms with Crippen LogP contribution < -0.4 is 16.0 Å². The highest BCUT2D eigenvalue weighted by Gasteiger charge is 2.79. The third-order valence-electron chi connectivity index (χ3n) is 7.74. The van der Waals surface area contributed by atoms with E-state index in [4.69, 9.17) is 0 Å². The molecule has 0 aromatic heterocycles. The normalized spacial score (nSPS) is 34.7. The number of carbonyl (C=O) groups is 4. The fourth-order valence-electron chi connectivity index (χ4n) is 6.46. The molecule has 6 unspecified atom stereocenters. The van der Waals surface area contributed by atoms with E-state index in [1.54, 1.807) is 0 Å². The van der Waals surface area contributed by atoms with Crippen LogP contribution in [-0.2, 0) is 14.4 Å². The van der Waals surface area contributed by atoms with E-state index >= 15 is 0 Å². The lowest BCUT2D eigenvalue weighted by Gasteiger charge is -2.69. The van der Waals surface area contributed by atoms with Gasteiger partial charge < -0.3 is 5.32 Å². The summed E-state index contributed by atoms with van der Waals surface area (Å²) in [6.07, 6.45) is 7.59. The zero-order valence-corrected chi connectivity index (χ0v) is 18.8. The number of fused-ring (bicyclic) bond motifs is 4. The molecule has 0 aromatic rings. The molecule has 0 spiro atoms. The molecule has 0 radical (unpaired) electrons. The topological polar surface area (TPSA) is 104 Å². The van der Waals surface area contributed by atoms with Gasteiger partial charge in [0.15, 0.2) is 0 Å². The lowest BCUT2D eigenvalue weighted by atomic mass is 9.36. The largest absolute Gasteiger partial charge is 0.333 e. The monoisotopic (exact) mass is 419 g/mol. The van der Waals surface area contributed by atoms with Gasteiger partial charge in [-0.25, -0.2) is 4.79 Å². The molecule has 3 aliphatic rings. The highest BCUT2D eigenvalue weighted by molar-refractivity contribution is 6.09.